The molecule has 132 valence electrons. The number of ether oxygens (including phenoxy) is 1. The van der Waals surface area contributed by atoms with Crippen molar-refractivity contribution in [1.29, 1.82) is 0 Å². The highest BCUT2D eigenvalue weighted by atomic mass is 32.2. The summed E-state index contributed by atoms with van der Waals surface area (Å²) < 4.78 is 18.1. The SMILES string of the molecule is O=C(NCCN1C(=O)S/C(=C/c2ccc(F)cc2)C1=O)C1CCOC1. The van der Waals surface area contributed by atoms with Crippen molar-refractivity contribution >= 4 is 34.9 Å². The lowest BCUT2D eigenvalue weighted by Crippen LogP contribution is -2.39. The molecule has 2 aliphatic heterocycles. The number of amides is 3. The largest absolute Gasteiger partial charge is 0.381 e. The second-order valence-electron chi connectivity index (χ2n) is 5.74. The summed E-state index contributed by atoms with van der Waals surface area (Å²) in [6.45, 7) is 1.31. The zero-order valence-electron chi connectivity index (χ0n) is 13.4. The van der Waals surface area contributed by atoms with Gasteiger partial charge in [-0.05, 0) is 42.0 Å². The van der Waals surface area contributed by atoms with Crippen LogP contribution in [0.2, 0.25) is 0 Å². The molecule has 0 aliphatic carbocycles. The third-order valence-electron chi connectivity index (χ3n) is 3.98. The minimum Gasteiger partial charge on any atom is -0.381 e. The van der Waals surface area contributed by atoms with Gasteiger partial charge in [-0.15, -0.1) is 0 Å². The van der Waals surface area contributed by atoms with E-state index < -0.39 is 5.91 Å². The van der Waals surface area contributed by atoms with E-state index in [1.807, 2.05) is 0 Å². The van der Waals surface area contributed by atoms with Gasteiger partial charge in [0.2, 0.25) is 5.91 Å². The van der Waals surface area contributed by atoms with Gasteiger partial charge in [-0.1, -0.05) is 12.1 Å². The fourth-order valence-electron chi connectivity index (χ4n) is 2.58. The predicted molar refractivity (Wildman–Crippen MR) is 91.0 cm³/mol. The molecule has 2 saturated heterocycles. The van der Waals surface area contributed by atoms with Gasteiger partial charge in [0, 0.05) is 19.7 Å². The van der Waals surface area contributed by atoms with Crippen LogP contribution in [0, 0.1) is 11.7 Å². The fraction of sp³-hybridized carbons (Fsp3) is 0.353. The summed E-state index contributed by atoms with van der Waals surface area (Å²) in [5.41, 5.74) is 0.640. The van der Waals surface area contributed by atoms with E-state index in [2.05, 4.69) is 5.32 Å². The molecule has 6 nitrogen and oxygen atoms in total. The second-order valence-corrected chi connectivity index (χ2v) is 6.73. The normalized spacial score (nSPS) is 22.0. The van der Waals surface area contributed by atoms with Crippen LogP contribution in [0.1, 0.15) is 12.0 Å². The Bertz CT molecular complexity index is 714. The molecule has 1 unspecified atom stereocenters. The molecule has 0 spiro atoms. The van der Waals surface area contributed by atoms with Crippen LogP contribution in [0.25, 0.3) is 6.08 Å². The summed E-state index contributed by atoms with van der Waals surface area (Å²) in [7, 11) is 0. The van der Waals surface area contributed by atoms with Crippen molar-refractivity contribution in [3.63, 3.8) is 0 Å². The lowest BCUT2D eigenvalue weighted by atomic mass is 10.1. The molecule has 25 heavy (non-hydrogen) atoms. The Morgan fingerprint density at radius 1 is 1.36 bits per heavy atom. The third-order valence-corrected chi connectivity index (χ3v) is 4.88. The first kappa shape index (κ1) is 17.6. The van der Waals surface area contributed by atoms with E-state index >= 15 is 0 Å². The Hall–Kier alpha value is -2.19. The van der Waals surface area contributed by atoms with Crippen molar-refractivity contribution in [2.45, 2.75) is 6.42 Å². The molecule has 2 fully saturated rings. The van der Waals surface area contributed by atoms with E-state index in [4.69, 9.17) is 4.74 Å². The second kappa shape index (κ2) is 7.79. The number of carbonyl (C=O) groups excluding carboxylic acids is 3. The summed E-state index contributed by atoms with van der Waals surface area (Å²) in [4.78, 5) is 37.6. The molecule has 1 atom stereocenters. The van der Waals surface area contributed by atoms with Crippen LogP contribution in [0.15, 0.2) is 29.2 Å². The number of nitrogens with zero attached hydrogens (tertiary/aromatic N) is 1. The van der Waals surface area contributed by atoms with E-state index in [9.17, 15) is 18.8 Å². The van der Waals surface area contributed by atoms with Crippen molar-refractivity contribution in [3.8, 4) is 0 Å². The van der Waals surface area contributed by atoms with E-state index in [0.717, 1.165) is 16.7 Å². The quantitative estimate of drug-likeness (QED) is 0.809. The molecule has 0 radical (unpaired) electrons. The summed E-state index contributed by atoms with van der Waals surface area (Å²) in [6, 6.07) is 5.65. The average molecular weight is 364 g/mol. The zero-order valence-corrected chi connectivity index (χ0v) is 14.2. The van der Waals surface area contributed by atoms with Gasteiger partial charge in [-0.3, -0.25) is 19.3 Å². The van der Waals surface area contributed by atoms with Crippen LogP contribution in [0.3, 0.4) is 0 Å². The van der Waals surface area contributed by atoms with Gasteiger partial charge in [0.25, 0.3) is 11.1 Å². The fourth-order valence-corrected chi connectivity index (χ4v) is 3.44. The maximum Gasteiger partial charge on any atom is 0.293 e. The number of benzene rings is 1. The number of carbonyl (C=O) groups is 3. The Morgan fingerprint density at radius 3 is 2.80 bits per heavy atom. The van der Waals surface area contributed by atoms with Gasteiger partial charge in [0.1, 0.15) is 5.82 Å². The number of halogens is 1. The summed E-state index contributed by atoms with van der Waals surface area (Å²) in [5, 5.41) is 2.35. The summed E-state index contributed by atoms with van der Waals surface area (Å²) in [6.07, 6.45) is 2.24. The van der Waals surface area contributed by atoms with Crippen LogP contribution < -0.4 is 5.32 Å². The van der Waals surface area contributed by atoms with Crippen LogP contribution in [0.4, 0.5) is 9.18 Å². The van der Waals surface area contributed by atoms with Crippen LogP contribution in [0.5, 0.6) is 0 Å². The smallest absolute Gasteiger partial charge is 0.293 e. The maximum absolute atomic E-state index is 12.9. The predicted octanol–water partition coefficient (Wildman–Crippen LogP) is 2.01. The zero-order chi connectivity index (χ0) is 17.8. The Labute approximate surface area is 148 Å². The first-order chi connectivity index (χ1) is 12.0. The molecular formula is C17H17FN2O4S. The van der Waals surface area contributed by atoms with E-state index in [-0.39, 0.29) is 40.9 Å². The van der Waals surface area contributed by atoms with Gasteiger partial charge in [-0.25, -0.2) is 4.39 Å². The Kier molecular flexibility index (Phi) is 5.50. The summed E-state index contributed by atoms with van der Waals surface area (Å²) >= 11 is 0.837. The topological polar surface area (TPSA) is 75.7 Å². The van der Waals surface area contributed by atoms with Crippen molar-refractivity contribution < 1.29 is 23.5 Å². The molecule has 1 N–H and O–H groups in total. The minimum absolute atomic E-state index is 0.116. The summed E-state index contributed by atoms with van der Waals surface area (Å²) in [5.74, 6) is -1.05. The highest BCUT2D eigenvalue weighted by molar-refractivity contribution is 8.18. The maximum atomic E-state index is 12.9. The number of rotatable bonds is 5. The molecule has 1 aromatic carbocycles. The molecule has 0 aromatic heterocycles. The minimum atomic E-state index is -0.405. The van der Waals surface area contributed by atoms with Gasteiger partial charge in [0.15, 0.2) is 0 Å². The number of imide groups is 1. The lowest BCUT2D eigenvalue weighted by molar-refractivity contribution is -0.126. The highest BCUT2D eigenvalue weighted by Crippen LogP contribution is 2.31. The van der Waals surface area contributed by atoms with Gasteiger partial charge >= 0.3 is 0 Å². The Morgan fingerprint density at radius 2 is 2.12 bits per heavy atom. The van der Waals surface area contributed by atoms with Gasteiger partial charge in [-0.2, -0.15) is 0 Å². The monoisotopic (exact) mass is 364 g/mol. The molecule has 1 aromatic rings. The van der Waals surface area contributed by atoms with Crippen LogP contribution >= 0.6 is 11.8 Å². The van der Waals surface area contributed by atoms with Crippen LogP contribution in [-0.2, 0) is 14.3 Å². The van der Waals surface area contributed by atoms with Crippen molar-refractivity contribution in [3.05, 3.63) is 40.6 Å². The molecule has 3 amide bonds. The van der Waals surface area contributed by atoms with Gasteiger partial charge in [0.05, 0.1) is 17.4 Å². The van der Waals surface area contributed by atoms with Crippen molar-refractivity contribution in [2.24, 2.45) is 5.92 Å². The van der Waals surface area contributed by atoms with Crippen LogP contribution in [-0.4, -0.2) is 48.3 Å². The highest BCUT2D eigenvalue weighted by Gasteiger charge is 2.34. The molecular weight excluding hydrogens is 347 g/mol. The number of hydrogen-bond acceptors (Lipinski definition) is 5. The average Bonchev–Trinajstić information content (AvgIpc) is 3.21. The molecule has 3 rings (SSSR count). The first-order valence-corrected chi connectivity index (χ1v) is 8.72. The van der Waals surface area contributed by atoms with Crippen molar-refractivity contribution in [1.82, 2.24) is 10.2 Å². The molecule has 2 heterocycles. The van der Waals surface area contributed by atoms with Gasteiger partial charge < -0.3 is 10.1 Å². The lowest BCUT2D eigenvalue weighted by Gasteiger charge is -2.14. The molecule has 0 saturated carbocycles. The first-order valence-electron chi connectivity index (χ1n) is 7.91. The third kappa shape index (κ3) is 4.26. The Balaban J connectivity index is 1.55. The number of nitrogens with one attached hydrogen (secondary N) is 1. The number of thioether (sulfide) groups is 1. The molecule has 2 aliphatic rings. The molecule has 0 bridgehead atoms. The van der Waals surface area contributed by atoms with E-state index in [0.29, 0.717) is 25.2 Å². The molecule has 8 heteroatoms. The van der Waals surface area contributed by atoms with E-state index in [1.54, 1.807) is 6.08 Å². The van der Waals surface area contributed by atoms with E-state index in [1.165, 1.54) is 24.3 Å². The van der Waals surface area contributed by atoms with Crippen molar-refractivity contribution in [2.75, 3.05) is 26.3 Å². The standard InChI is InChI=1S/C17H17FN2O4S/c18-13-3-1-11(2-4-13)9-14-16(22)20(17(23)25-14)7-6-19-15(21)12-5-8-24-10-12/h1-4,9,12H,5-8,10H2,(H,19,21)/b14-9+. The number of hydrogen-bond donors (Lipinski definition) is 1.